The van der Waals surface area contributed by atoms with E-state index in [1.54, 1.807) is 24.7 Å². The van der Waals surface area contributed by atoms with Crippen LogP contribution in [0.25, 0.3) is 22.0 Å². The number of nitrogens with two attached hydrogens (primary N) is 1. The van der Waals surface area contributed by atoms with Crippen LogP contribution >= 0.6 is 0 Å². The Balaban J connectivity index is 1.60. The Morgan fingerprint density at radius 1 is 1.07 bits per heavy atom. The van der Waals surface area contributed by atoms with Crippen molar-refractivity contribution >= 4 is 22.7 Å². The van der Waals surface area contributed by atoms with Gasteiger partial charge < -0.3 is 11.1 Å². The van der Waals surface area contributed by atoms with Gasteiger partial charge in [-0.3, -0.25) is 10.1 Å². The first kappa shape index (κ1) is 16.9. The average molecular weight is 363 g/mol. The van der Waals surface area contributed by atoms with Gasteiger partial charge in [0.15, 0.2) is 5.82 Å². The van der Waals surface area contributed by atoms with Crippen LogP contribution in [0.4, 0.5) is 16.2 Å². The lowest BCUT2D eigenvalue weighted by Crippen LogP contribution is -2.31. The summed E-state index contributed by atoms with van der Waals surface area (Å²) < 4.78 is 14.0. The molecule has 0 aliphatic carbocycles. The SMILES string of the molecule is CC(C)(Nc1ncc(-c2ccc3[nH]nc(N)c3c2)cn1)c1ncccc1F. The highest BCUT2D eigenvalue weighted by Gasteiger charge is 2.26. The average Bonchev–Trinajstić information content (AvgIpc) is 3.03. The predicted octanol–water partition coefficient (Wildman–Crippen LogP) is 3.48. The van der Waals surface area contributed by atoms with Gasteiger partial charge in [-0.05, 0) is 43.7 Å². The van der Waals surface area contributed by atoms with Gasteiger partial charge in [0.05, 0.1) is 11.1 Å². The molecular weight excluding hydrogens is 345 g/mol. The Morgan fingerprint density at radius 2 is 1.85 bits per heavy atom. The van der Waals surface area contributed by atoms with Crippen molar-refractivity contribution in [2.24, 2.45) is 0 Å². The smallest absolute Gasteiger partial charge is 0.223 e. The van der Waals surface area contributed by atoms with E-state index in [0.29, 0.717) is 17.5 Å². The number of pyridine rings is 1. The number of nitrogens with one attached hydrogen (secondary N) is 2. The lowest BCUT2D eigenvalue weighted by Gasteiger charge is -2.25. The molecule has 3 heterocycles. The van der Waals surface area contributed by atoms with E-state index < -0.39 is 5.54 Å². The van der Waals surface area contributed by atoms with Gasteiger partial charge in [-0.2, -0.15) is 5.10 Å². The summed E-state index contributed by atoms with van der Waals surface area (Å²) in [7, 11) is 0. The molecule has 0 amide bonds. The summed E-state index contributed by atoms with van der Waals surface area (Å²) in [5, 5.41) is 10.8. The summed E-state index contributed by atoms with van der Waals surface area (Å²) in [4.78, 5) is 12.8. The molecule has 1 aromatic carbocycles. The summed E-state index contributed by atoms with van der Waals surface area (Å²) in [5.74, 6) is 0.459. The third-order valence-corrected chi connectivity index (χ3v) is 4.35. The molecule has 0 saturated heterocycles. The van der Waals surface area contributed by atoms with Crippen LogP contribution in [0.1, 0.15) is 19.5 Å². The topological polar surface area (TPSA) is 105 Å². The molecule has 136 valence electrons. The van der Waals surface area contributed by atoms with Gasteiger partial charge in [0, 0.05) is 29.5 Å². The van der Waals surface area contributed by atoms with Gasteiger partial charge >= 0.3 is 0 Å². The largest absolute Gasteiger partial charge is 0.382 e. The molecule has 3 aromatic heterocycles. The van der Waals surface area contributed by atoms with Crippen molar-refractivity contribution in [2.75, 3.05) is 11.1 Å². The molecular formula is C19H18FN7. The van der Waals surface area contributed by atoms with Crippen LogP contribution in [0.5, 0.6) is 0 Å². The number of nitrogens with zero attached hydrogens (tertiary/aromatic N) is 4. The number of nitrogen functional groups attached to an aromatic ring is 1. The minimum atomic E-state index is -0.767. The second kappa shape index (κ2) is 6.31. The van der Waals surface area contributed by atoms with Crippen molar-refractivity contribution in [3.05, 3.63) is 60.4 Å². The van der Waals surface area contributed by atoms with E-state index in [4.69, 9.17) is 5.73 Å². The van der Waals surface area contributed by atoms with Crippen molar-refractivity contribution < 1.29 is 4.39 Å². The van der Waals surface area contributed by atoms with Gasteiger partial charge in [0.2, 0.25) is 5.95 Å². The molecule has 0 unspecified atom stereocenters. The molecule has 8 heteroatoms. The molecule has 0 radical (unpaired) electrons. The Hall–Kier alpha value is -3.55. The number of fused-ring (bicyclic) bond motifs is 1. The zero-order valence-electron chi connectivity index (χ0n) is 14.9. The summed E-state index contributed by atoms with van der Waals surface area (Å²) in [6, 6.07) is 8.73. The highest BCUT2D eigenvalue weighted by molar-refractivity contribution is 5.92. The fraction of sp³-hybridized carbons (Fsp3) is 0.158. The summed E-state index contributed by atoms with van der Waals surface area (Å²) in [5.41, 5.74) is 8.04. The monoisotopic (exact) mass is 363 g/mol. The molecule has 7 nitrogen and oxygen atoms in total. The van der Waals surface area contributed by atoms with E-state index in [0.717, 1.165) is 22.0 Å². The van der Waals surface area contributed by atoms with Crippen molar-refractivity contribution in [3.8, 4) is 11.1 Å². The number of aromatic amines is 1. The van der Waals surface area contributed by atoms with E-state index in [1.807, 2.05) is 32.0 Å². The van der Waals surface area contributed by atoms with E-state index in [2.05, 4.69) is 30.5 Å². The van der Waals surface area contributed by atoms with Gasteiger partial charge in [-0.1, -0.05) is 6.07 Å². The number of H-pyrrole nitrogens is 1. The van der Waals surface area contributed by atoms with Crippen LogP contribution in [0, 0.1) is 5.82 Å². The van der Waals surface area contributed by atoms with E-state index in [-0.39, 0.29) is 5.82 Å². The maximum atomic E-state index is 14.0. The van der Waals surface area contributed by atoms with Crippen LogP contribution in [-0.2, 0) is 5.54 Å². The first-order valence-electron chi connectivity index (χ1n) is 8.39. The molecule has 0 aliphatic heterocycles. The molecule has 4 N–H and O–H groups in total. The first-order valence-corrected chi connectivity index (χ1v) is 8.39. The van der Waals surface area contributed by atoms with Crippen LogP contribution in [0.15, 0.2) is 48.9 Å². The summed E-state index contributed by atoms with van der Waals surface area (Å²) in [6.45, 7) is 3.65. The molecule has 0 bridgehead atoms. The number of aromatic nitrogens is 5. The van der Waals surface area contributed by atoms with E-state index in [9.17, 15) is 4.39 Å². The second-order valence-corrected chi connectivity index (χ2v) is 6.75. The van der Waals surface area contributed by atoms with E-state index in [1.165, 1.54) is 6.07 Å². The highest BCUT2D eigenvalue weighted by Crippen LogP contribution is 2.27. The van der Waals surface area contributed by atoms with Crippen molar-refractivity contribution in [1.82, 2.24) is 25.1 Å². The minimum absolute atomic E-state index is 0.304. The Kier molecular flexibility index (Phi) is 3.95. The summed E-state index contributed by atoms with van der Waals surface area (Å²) in [6.07, 6.45) is 4.97. The van der Waals surface area contributed by atoms with Crippen LogP contribution in [0.3, 0.4) is 0 Å². The van der Waals surface area contributed by atoms with E-state index >= 15 is 0 Å². The van der Waals surface area contributed by atoms with Gasteiger partial charge in [-0.25, -0.2) is 14.4 Å². The fourth-order valence-electron chi connectivity index (χ4n) is 2.94. The number of benzene rings is 1. The van der Waals surface area contributed by atoms with Crippen LogP contribution in [0.2, 0.25) is 0 Å². The third kappa shape index (κ3) is 3.17. The molecule has 0 atom stereocenters. The molecule has 0 aliphatic rings. The standard InChI is InChI=1S/C19H18FN7/c1-19(2,16-14(20)4-3-7-22-16)25-18-23-9-12(10-24-18)11-5-6-15-13(8-11)17(21)27-26-15/h3-10H,1-2H3,(H3,21,26,27)(H,23,24,25). The number of halogens is 1. The molecule has 27 heavy (non-hydrogen) atoms. The quantitative estimate of drug-likeness (QED) is 0.513. The van der Waals surface area contributed by atoms with Gasteiger partial charge in [-0.15, -0.1) is 0 Å². The second-order valence-electron chi connectivity index (χ2n) is 6.75. The zero-order chi connectivity index (χ0) is 19.0. The first-order chi connectivity index (χ1) is 12.9. The highest BCUT2D eigenvalue weighted by atomic mass is 19.1. The Morgan fingerprint density at radius 3 is 2.59 bits per heavy atom. The summed E-state index contributed by atoms with van der Waals surface area (Å²) >= 11 is 0. The van der Waals surface area contributed by atoms with Crippen LogP contribution in [-0.4, -0.2) is 25.1 Å². The molecule has 0 spiro atoms. The Labute approximate surface area is 154 Å². The molecule has 0 fully saturated rings. The fourth-order valence-corrected chi connectivity index (χ4v) is 2.94. The van der Waals surface area contributed by atoms with Crippen molar-refractivity contribution in [2.45, 2.75) is 19.4 Å². The molecule has 0 saturated carbocycles. The van der Waals surface area contributed by atoms with Crippen molar-refractivity contribution in [1.29, 1.82) is 0 Å². The Bertz CT molecular complexity index is 1100. The lowest BCUT2D eigenvalue weighted by atomic mass is 9.99. The molecule has 4 aromatic rings. The number of anilines is 2. The third-order valence-electron chi connectivity index (χ3n) is 4.35. The predicted molar refractivity (Wildman–Crippen MR) is 102 cm³/mol. The number of hydrogen-bond acceptors (Lipinski definition) is 6. The number of hydrogen-bond donors (Lipinski definition) is 3. The van der Waals surface area contributed by atoms with Gasteiger partial charge in [0.25, 0.3) is 0 Å². The van der Waals surface area contributed by atoms with Crippen molar-refractivity contribution in [3.63, 3.8) is 0 Å². The zero-order valence-corrected chi connectivity index (χ0v) is 14.9. The van der Waals surface area contributed by atoms with Gasteiger partial charge in [0.1, 0.15) is 11.5 Å². The normalized spacial score (nSPS) is 11.7. The maximum absolute atomic E-state index is 14.0. The maximum Gasteiger partial charge on any atom is 0.223 e. The van der Waals surface area contributed by atoms with Crippen LogP contribution < -0.4 is 11.1 Å². The number of rotatable bonds is 4. The minimum Gasteiger partial charge on any atom is -0.382 e. The molecule has 4 rings (SSSR count). The lowest BCUT2D eigenvalue weighted by molar-refractivity contribution is 0.510.